The van der Waals surface area contributed by atoms with E-state index < -0.39 is 36.4 Å². The molecule has 0 heterocycles. The Morgan fingerprint density at radius 2 is 0.833 bits per heavy atom. The van der Waals surface area contributed by atoms with Gasteiger partial charge in [0.2, 0.25) is 0 Å². The molecule has 0 amide bonds. The summed E-state index contributed by atoms with van der Waals surface area (Å²) in [6, 6.07) is 0. The first kappa shape index (κ1) is 9.88. The van der Waals surface area contributed by atoms with E-state index in [-0.39, 0.29) is 0 Å². The fraction of sp³-hybridized carbons (Fsp3) is 1.00. The van der Waals surface area contributed by atoms with Crippen molar-refractivity contribution in [1.29, 1.82) is 0 Å². The predicted molar refractivity (Wildman–Crippen MR) is 39.2 cm³/mol. The average molecular weight is 178 g/mol. The molecule has 1 aliphatic carbocycles. The Morgan fingerprint density at radius 1 is 0.583 bits per heavy atom. The topological polar surface area (TPSA) is 101 Å². The summed E-state index contributed by atoms with van der Waals surface area (Å²) in [5, 5.41) is 45.8. The van der Waals surface area contributed by atoms with E-state index in [2.05, 4.69) is 0 Å². The number of hydrogen-bond donors (Lipinski definition) is 5. The zero-order valence-electron chi connectivity index (χ0n) is 6.70. The summed E-state index contributed by atoms with van der Waals surface area (Å²) in [6.45, 7) is 1.49. The third kappa shape index (κ3) is 1.34. The van der Waals surface area contributed by atoms with Crippen molar-refractivity contribution in [3.05, 3.63) is 0 Å². The maximum Gasteiger partial charge on any atom is 0.111 e. The third-order valence-electron chi connectivity index (χ3n) is 2.48. The van der Waals surface area contributed by atoms with Crippen LogP contribution in [0.25, 0.3) is 0 Å². The Morgan fingerprint density at radius 3 is 1.17 bits per heavy atom. The summed E-state index contributed by atoms with van der Waals surface area (Å²) in [6.07, 6.45) is -6.65. The molecule has 0 aromatic carbocycles. The summed E-state index contributed by atoms with van der Waals surface area (Å²) in [4.78, 5) is 0. The van der Waals surface area contributed by atoms with Gasteiger partial charge in [0.1, 0.15) is 18.3 Å². The smallest absolute Gasteiger partial charge is 0.111 e. The van der Waals surface area contributed by atoms with Crippen LogP contribution < -0.4 is 0 Å². The third-order valence-corrected chi connectivity index (χ3v) is 2.48. The normalized spacial score (nSPS) is 55.5. The summed E-state index contributed by atoms with van der Waals surface area (Å²) in [5.74, 6) is -0.640. The van der Waals surface area contributed by atoms with Gasteiger partial charge in [-0.05, 0) is 0 Å². The van der Waals surface area contributed by atoms with Crippen molar-refractivity contribution >= 4 is 0 Å². The molecule has 5 nitrogen and oxygen atoms in total. The molecule has 5 N–H and O–H groups in total. The lowest BCUT2D eigenvalue weighted by molar-refractivity contribution is -0.200. The van der Waals surface area contributed by atoms with Gasteiger partial charge in [-0.3, -0.25) is 0 Å². The van der Waals surface area contributed by atoms with Crippen LogP contribution >= 0.6 is 0 Å². The van der Waals surface area contributed by atoms with E-state index in [4.69, 9.17) is 15.3 Å². The molecular weight excluding hydrogens is 164 g/mol. The van der Waals surface area contributed by atoms with Gasteiger partial charge in [0.05, 0.1) is 12.2 Å². The molecular formula is C7H14O5. The van der Waals surface area contributed by atoms with Crippen molar-refractivity contribution in [1.82, 2.24) is 0 Å². The standard InChI is InChI=1S/C7H14O5/c1-2-3(8)5(10)7(12)6(11)4(2)9/h2-12H,1H3/t2?,3-,4+,5+,6-,7?. The maximum atomic E-state index is 9.22. The van der Waals surface area contributed by atoms with Gasteiger partial charge in [-0.1, -0.05) is 6.92 Å². The number of rotatable bonds is 0. The van der Waals surface area contributed by atoms with Crippen molar-refractivity contribution in [2.75, 3.05) is 0 Å². The van der Waals surface area contributed by atoms with E-state index in [0.29, 0.717) is 0 Å². The largest absolute Gasteiger partial charge is 0.390 e. The van der Waals surface area contributed by atoms with Crippen molar-refractivity contribution < 1.29 is 25.5 Å². The molecule has 6 atom stereocenters. The lowest BCUT2D eigenvalue weighted by Crippen LogP contribution is -2.60. The van der Waals surface area contributed by atoms with Gasteiger partial charge >= 0.3 is 0 Å². The molecule has 0 radical (unpaired) electrons. The molecule has 0 aromatic heterocycles. The zero-order valence-corrected chi connectivity index (χ0v) is 6.70. The van der Waals surface area contributed by atoms with Crippen LogP contribution in [0.1, 0.15) is 6.92 Å². The second kappa shape index (κ2) is 3.27. The van der Waals surface area contributed by atoms with E-state index in [1.54, 1.807) is 0 Å². The van der Waals surface area contributed by atoms with E-state index in [9.17, 15) is 10.2 Å². The highest BCUT2D eigenvalue weighted by Gasteiger charge is 2.45. The van der Waals surface area contributed by atoms with Gasteiger partial charge < -0.3 is 25.5 Å². The van der Waals surface area contributed by atoms with E-state index in [0.717, 1.165) is 0 Å². The molecule has 2 unspecified atom stereocenters. The number of aliphatic hydroxyl groups excluding tert-OH is 5. The highest BCUT2D eigenvalue weighted by Crippen LogP contribution is 2.25. The van der Waals surface area contributed by atoms with Crippen molar-refractivity contribution in [3.63, 3.8) is 0 Å². The van der Waals surface area contributed by atoms with Crippen LogP contribution in [0.15, 0.2) is 0 Å². The van der Waals surface area contributed by atoms with Crippen LogP contribution in [-0.2, 0) is 0 Å². The minimum atomic E-state index is -1.48. The summed E-state index contributed by atoms with van der Waals surface area (Å²) < 4.78 is 0. The Balaban J connectivity index is 2.76. The summed E-state index contributed by atoms with van der Waals surface area (Å²) in [5.41, 5.74) is 0. The van der Waals surface area contributed by atoms with Crippen molar-refractivity contribution in [2.24, 2.45) is 5.92 Å². The zero-order chi connectivity index (χ0) is 9.46. The number of aliphatic hydroxyl groups is 5. The molecule has 1 aliphatic rings. The quantitative estimate of drug-likeness (QED) is 0.281. The first-order valence-corrected chi connectivity index (χ1v) is 3.87. The molecule has 1 saturated carbocycles. The molecule has 0 saturated heterocycles. The predicted octanol–water partition coefficient (Wildman–Crippen LogP) is -2.56. The Kier molecular flexibility index (Phi) is 2.70. The molecule has 0 aliphatic heterocycles. The van der Waals surface area contributed by atoms with Crippen LogP contribution in [0.2, 0.25) is 0 Å². The van der Waals surface area contributed by atoms with Crippen molar-refractivity contribution in [3.8, 4) is 0 Å². The fourth-order valence-electron chi connectivity index (χ4n) is 1.43. The average Bonchev–Trinajstić information content (AvgIpc) is 2.08. The molecule has 0 spiro atoms. The van der Waals surface area contributed by atoms with E-state index in [1.807, 2.05) is 0 Å². The highest BCUT2D eigenvalue weighted by atomic mass is 16.4. The monoisotopic (exact) mass is 178 g/mol. The van der Waals surface area contributed by atoms with Gasteiger partial charge in [-0.15, -0.1) is 0 Å². The first-order valence-electron chi connectivity index (χ1n) is 3.87. The van der Waals surface area contributed by atoms with Gasteiger partial charge in [-0.25, -0.2) is 0 Å². The van der Waals surface area contributed by atoms with Gasteiger partial charge in [-0.2, -0.15) is 0 Å². The molecule has 0 aromatic rings. The molecule has 1 rings (SSSR count). The van der Waals surface area contributed by atoms with Crippen LogP contribution in [0.4, 0.5) is 0 Å². The molecule has 0 bridgehead atoms. The Bertz CT molecular complexity index is 103. The van der Waals surface area contributed by atoms with Gasteiger partial charge in [0.25, 0.3) is 0 Å². The van der Waals surface area contributed by atoms with Crippen LogP contribution in [0.5, 0.6) is 0 Å². The number of hydrogen-bond acceptors (Lipinski definition) is 5. The minimum Gasteiger partial charge on any atom is -0.390 e. The molecule has 1 fully saturated rings. The van der Waals surface area contributed by atoms with Gasteiger partial charge in [0, 0.05) is 5.92 Å². The SMILES string of the molecule is CC1[C@@H](O)[C@H](O)C(O)[C@H](O)[C@H]1O. The lowest BCUT2D eigenvalue weighted by atomic mass is 9.80. The van der Waals surface area contributed by atoms with E-state index >= 15 is 0 Å². The minimum absolute atomic E-state index is 0.640. The maximum absolute atomic E-state index is 9.22. The summed E-state index contributed by atoms with van der Waals surface area (Å²) >= 11 is 0. The van der Waals surface area contributed by atoms with Crippen LogP contribution in [0, 0.1) is 5.92 Å². The Hall–Kier alpha value is -0.200. The van der Waals surface area contributed by atoms with Crippen LogP contribution in [0.3, 0.4) is 0 Å². The van der Waals surface area contributed by atoms with E-state index in [1.165, 1.54) is 6.92 Å². The first-order chi connectivity index (χ1) is 5.46. The molecule has 12 heavy (non-hydrogen) atoms. The van der Waals surface area contributed by atoms with Gasteiger partial charge in [0.15, 0.2) is 0 Å². The summed E-state index contributed by atoms with van der Waals surface area (Å²) in [7, 11) is 0. The molecule has 5 heteroatoms. The second-order valence-corrected chi connectivity index (χ2v) is 3.31. The molecule has 72 valence electrons. The Labute approximate surface area is 69.9 Å². The lowest BCUT2D eigenvalue weighted by Gasteiger charge is -2.40. The van der Waals surface area contributed by atoms with Crippen molar-refractivity contribution in [2.45, 2.75) is 37.4 Å². The van der Waals surface area contributed by atoms with Crippen LogP contribution in [-0.4, -0.2) is 56.1 Å². The highest BCUT2D eigenvalue weighted by molar-refractivity contribution is 4.96. The fourth-order valence-corrected chi connectivity index (χ4v) is 1.43. The second-order valence-electron chi connectivity index (χ2n) is 3.31.